The number of carbonyl (C=O) groups excluding carboxylic acids is 1. The van der Waals surface area contributed by atoms with Crippen molar-refractivity contribution in [2.24, 2.45) is 0 Å². The second-order valence-corrected chi connectivity index (χ2v) is 10.3. The van der Waals surface area contributed by atoms with Gasteiger partial charge in [0.1, 0.15) is 17.2 Å². The zero-order chi connectivity index (χ0) is 25.4. The molecule has 0 radical (unpaired) electrons. The molecule has 2 aliphatic heterocycles. The number of halogens is 2. The monoisotopic (exact) mass is 513 g/mol. The highest BCUT2D eigenvalue weighted by Gasteiger charge is 2.30. The molecule has 4 heterocycles. The second kappa shape index (κ2) is 10.1. The number of benzene rings is 1. The highest BCUT2D eigenvalue weighted by Crippen LogP contribution is 2.40. The molecule has 0 aliphatic carbocycles. The smallest absolute Gasteiger partial charge is 0.229 e. The molecule has 3 aromatic rings. The molecule has 36 heavy (non-hydrogen) atoms. The van der Waals surface area contributed by atoms with Gasteiger partial charge < -0.3 is 20.4 Å². The molecule has 1 amide bonds. The van der Waals surface area contributed by atoms with E-state index in [-0.39, 0.29) is 34.8 Å². The third-order valence-electron chi connectivity index (χ3n) is 6.71. The number of fused-ring (bicyclic) bond motifs is 1. The molecule has 2 aliphatic rings. The van der Waals surface area contributed by atoms with Crippen LogP contribution < -0.4 is 20.4 Å². The van der Waals surface area contributed by atoms with Gasteiger partial charge in [-0.2, -0.15) is 0 Å². The largest absolute Gasteiger partial charge is 0.366 e. The predicted molar refractivity (Wildman–Crippen MR) is 138 cm³/mol. The van der Waals surface area contributed by atoms with Crippen molar-refractivity contribution in [1.82, 2.24) is 20.3 Å². The quantitative estimate of drug-likeness (QED) is 0.513. The normalized spacial score (nSPS) is 16.4. The van der Waals surface area contributed by atoms with E-state index in [0.29, 0.717) is 29.8 Å². The number of piperidine rings is 1. The minimum atomic E-state index is -0.662. The molecular formula is C25H29F2N7OS. The molecule has 11 heteroatoms. The van der Waals surface area contributed by atoms with Crippen molar-refractivity contribution in [3.8, 4) is 11.3 Å². The lowest BCUT2D eigenvalue weighted by Gasteiger charge is -2.40. The molecule has 1 saturated heterocycles. The zero-order valence-corrected chi connectivity index (χ0v) is 21.3. The van der Waals surface area contributed by atoms with Gasteiger partial charge in [0, 0.05) is 42.9 Å². The molecule has 5 rings (SSSR count). The van der Waals surface area contributed by atoms with Crippen LogP contribution >= 0.6 is 11.3 Å². The number of anilines is 4. The van der Waals surface area contributed by atoms with E-state index in [1.54, 1.807) is 6.07 Å². The van der Waals surface area contributed by atoms with Gasteiger partial charge in [-0.05, 0) is 51.9 Å². The van der Waals surface area contributed by atoms with E-state index in [9.17, 15) is 9.18 Å². The summed E-state index contributed by atoms with van der Waals surface area (Å²) in [6.07, 6.45) is 3.16. The number of hydrogen-bond donors (Lipinski definition) is 2. The molecule has 2 aromatic heterocycles. The average Bonchev–Trinajstić information content (AvgIpc) is 3.33. The number of nitrogens with one attached hydrogen (secondary N) is 2. The van der Waals surface area contributed by atoms with E-state index >= 15 is 4.39 Å². The van der Waals surface area contributed by atoms with Gasteiger partial charge in [-0.3, -0.25) is 4.79 Å². The van der Waals surface area contributed by atoms with Gasteiger partial charge in [0.25, 0.3) is 0 Å². The number of carbonyl (C=O) groups is 1. The summed E-state index contributed by atoms with van der Waals surface area (Å²) < 4.78 is 30.3. The Morgan fingerprint density at radius 3 is 2.67 bits per heavy atom. The van der Waals surface area contributed by atoms with Crippen molar-refractivity contribution in [1.29, 1.82) is 0 Å². The Morgan fingerprint density at radius 2 is 1.94 bits per heavy atom. The molecular weight excluding hydrogens is 484 g/mol. The van der Waals surface area contributed by atoms with E-state index < -0.39 is 11.6 Å². The third-order valence-corrected chi connectivity index (χ3v) is 7.48. The van der Waals surface area contributed by atoms with Crippen molar-refractivity contribution in [2.75, 3.05) is 41.3 Å². The van der Waals surface area contributed by atoms with E-state index in [2.05, 4.69) is 25.6 Å². The molecule has 0 atom stereocenters. The lowest BCUT2D eigenvalue weighted by Crippen LogP contribution is -2.46. The van der Waals surface area contributed by atoms with Crippen molar-refractivity contribution in [2.45, 2.75) is 45.6 Å². The first-order valence-electron chi connectivity index (χ1n) is 12.2. The SMILES string of the molecule is CC(=O)N1CCN(C(C)C)c2cc(-c3nc(Nc4nc(C5CCNCC5)cs4)ncc3F)cc(F)c21. The van der Waals surface area contributed by atoms with E-state index in [1.165, 1.54) is 29.2 Å². The molecule has 0 unspecified atom stereocenters. The summed E-state index contributed by atoms with van der Waals surface area (Å²) in [6, 6.07) is 2.99. The standard InChI is InChI=1S/C25H29F2N7OS/c1-14(2)33-8-9-34(15(3)35)23-18(26)10-17(11-21(23)33)22-19(27)12-29-24(31-22)32-25-30-20(13-36-25)16-4-6-28-7-5-16/h10-14,16,28H,4-9H2,1-3H3,(H,29,30,31,32). The van der Waals surface area contributed by atoms with Crippen LogP contribution in [0.2, 0.25) is 0 Å². The molecule has 2 N–H and O–H groups in total. The summed E-state index contributed by atoms with van der Waals surface area (Å²) >= 11 is 1.45. The van der Waals surface area contributed by atoms with Crippen LogP contribution in [0.5, 0.6) is 0 Å². The van der Waals surface area contributed by atoms with Crippen LogP contribution in [0.4, 0.5) is 31.2 Å². The van der Waals surface area contributed by atoms with Gasteiger partial charge in [-0.15, -0.1) is 11.3 Å². The number of nitrogens with zero attached hydrogens (tertiary/aromatic N) is 5. The highest BCUT2D eigenvalue weighted by molar-refractivity contribution is 7.13. The van der Waals surface area contributed by atoms with Gasteiger partial charge in [0.15, 0.2) is 10.9 Å². The summed E-state index contributed by atoms with van der Waals surface area (Å²) in [6.45, 7) is 8.31. The Bertz CT molecular complexity index is 1280. The Kier molecular flexibility index (Phi) is 6.85. The molecule has 0 spiro atoms. The van der Waals surface area contributed by atoms with Crippen LogP contribution in [0.25, 0.3) is 11.3 Å². The Labute approximate surface area is 212 Å². The Balaban J connectivity index is 1.47. The van der Waals surface area contributed by atoms with Gasteiger partial charge in [-0.25, -0.2) is 23.7 Å². The minimum absolute atomic E-state index is 0.0204. The fourth-order valence-electron chi connectivity index (χ4n) is 4.87. The molecule has 1 aromatic carbocycles. The summed E-state index contributed by atoms with van der Waals surface area (Å²) in [4.78, 5) is 28.7. The number of rotatable bonds is 5. The Morgan fingerprint density at radius 1 is 1.17 bits per heavy atom. The molecule has 8 nitrogen and oxygen atoms in total. The lowest BCUT2D eigenvalue weighted by molar-refractivity contribution is -0.116. The summed E-state index contributed by atoms with van der Waals surface area (Å²) in [5.74, 6) is -0.897. The van der Waals surface area contributed by atoms with Crippen molar-refractivity contribution >= 4 is 39.7 Å². The summed E-state index contributed by atoms with van der Waals surface area (Å²) in [5, 5.41) is 9.08. The zero-order valence-electron chi connectivity index (χ0n) is 20.5. The molecule has 190 valence electrons. The van der Waals surface area contributed by atoms with Crippen LogP contribution in [-0.4, -0.2) is 53.1 Å². The van der Waals surface area contributed by atoms with Crippen LogP contribution in [0, 0.1) is 11.6 Å². The van der Waals surface area contributed by atoms with Crippen molar-refractivity contribution in [3.63, 3.8) is 0 Å². The van der Waals surface area contributed by atoms with Crippen molar-refractivity contribution in [3.05, 3.63) is 41.0 Å². The maximum Gasteiger partial charge on any atom is 0.229 e. The summed E-state index contributed by atoms with van der Waals surface area (Å²) in [7, 11) is 0. The van der Waals surface area contributed by atoms with E-state index in [0.717, 1.165) is 37.8 Å². The number of hydrogen-bond acceptors (Lipinski definition) is 8. The lowest BCUT2D eigenvalue weighted by atomic mass is 9.96. The topological polar surface area (TPSA) is 86.3 Å². The van der Waals surface area contributed by atoms with Gasteiger partial charge in [0.2, 0.25) is 11.9 Å². The van der Waals surface area contributed by atoms with Crippen molar-refractivity contribution < 1.29 is 13.6 Å². The van der Waals surface area contributed by atoms with Gasteiger partial charge in [-0.1, -0.05) is 0 Å². The van der Waals surface area contributed by atoms with Crippen LogP contribution in [-0.2, 0) is 4.79 Å². The number of aromatic nitrogens is 3. The van der Waals surface area contributed by atoms with E-state index in [4.69, 9.17) is 0 Å². The number of amides is 1. The number of thiazole rings is 1. The Hall–Kier alpha value is -3.18. The fourth-order valence-corrected chi connectivity index (χ4v) is 5.66. The predicted octanol–water partition coefficient (Wildman–Crippen LogP) is 4.67. The molecule has 1 fully saturated rings. The highest BCUT2D eigenvalue weighted by atomic mass is 32.1. The van der Waals surface area contributed by atoms with E-state index in [1.807, 2.05) is 24.1 Å². The van der Waals surface area contributed by atoms with Gasteiger partial charge in [0.05, 0.1) is 17.6 Å². The van der Waals surface area contributed by atoms with Crippen LogP contribution in [0.3, 0.4) is 0 Å². The molecule has 0 bridgehead atoms. The minimum Gasteiger partial charge on any atom is -0.366 e. The first kappa shape index (κ1) is 24.5. The van der Waals surface area contributed by atoms with Crippen LogP contribution in [0.15, 0.2) is 23.7 Å². The average molecular weight is 514 g/mol. The third kappa shape index (κ3) is 4.77. The maximum absolute atomic E-state index is 15.4. The van der Waals surface area contributed by atoms with Crippen LogP contribution in [0.1, 0.15) is 45.2 Å². The first-order valence-corrected chi connectivity index (χ1v) is 13.0. The first-order chi connectivity index (χ1) is 17.3. The fraction of sp³-hybridized carbons (Fsp3) is 0.440. The van der Waals surface area contributed by atoms with Gasteiger partial charge >= 0.3 is 0 Å². The second-order valence-electron chi connectivity index (χ2n) is 9.40. The maximum atomic E-state index is 15.4. The summed E-state index contributed by atoms with van der Waals surface area (Å²) in [5.41, 5.74) is 2.05. The molecule has 0 saturated carbocycles.